The molecule has 0 unspecified atom stereocenters. The van der Waals surface area contributed by atoms with E-state index in [4.69, 9.17) is 9.84 Å². The van der Waals surface area contributed by atoms with Crippen molar-refractivity contribution in [1.29, 1.82) is 0 Å². The third-order valence-electron chi connectivity index (χ3n) is 1.94. The third kappa shape index (κ3) is 7.61. The summed E-state index contributed by atoms with van der Waals surface area (Å²) >= 11 is 0. The molecule has 1 aromatic rings. The Morgan fingerprint density at radius 1 is 1.25 bits per heavy atom. The van der Waals surface area contributed by atoms with Crippen LogP contribution in [-0.2, 0) is 4.74 Å². The smallest absolute Gasteiger partial charge is 0.411 e. The molecule has 0 aliphatic rings. The lowest BCUT2D eigenvalue weighted by Crippen LogP contribution is -2.19. The van der Waals surface area contributed by atoms with Gasteiger partial charge in [0.05, 0.1) is 19.4 Å². The third-order valence-corrected chi connectivity index (χ3v) is 1.94. The molecule has 0 saturated carbocycles. The minimum absolute atomic E-state index is 0.00865. The van der Waals surface area contributed by atoms with Crippen LogP contribution in [0.4, 0.5) is 13.2 Å². The number of aromatic nitrogens is 1. The van der Waals surface area contributed by atoms with Crippen molar-refractivity contribution in [2.24, 2.45) is 0 Å². The molecule has 0 amide bonds. The maximum atomic E-state index is 11.8. The summed E-state index contributed by atoms with van der Waals surface area (Å²) in [6, 6.07) is 1.61. The van der Waals surface area contributed by atoms with E-state index in [0.29, 0.717) is 17.7 Å². The van der Waals surface area contributed by atoms with Crippen LogP contribution in [0.25, 0.3) is 0 Å². The number of rotatable bonds is 6. The first-order valence-corrected chi connectivity index (χ1v) is 5.83. The van der Waals surface area contributed by atoms with Crippen LogP contribution in [0.5, 0.6) is 5.75 Å². The monoisotopic (exact) mass is 289 g/mol. The van der Waals surface area contributed by atoms with Crippen molar-refractivity contribution in [1.82, 2.24) is 4.98 Å². The Labute approximate surface area is 114 Å². The number of hydrogen-bond acceptors (Lipinski definition) is 4. The summed E-state index contributed by atoms with van der Waals surface area (Å²) in [5.74, 6) is 5.90. The quantitative estimate of drug-likeness (QED) is 0.640. The van der Waals surface area contributed by atoms with Gasteiger partial charge in [-0.15, -0.1) is 0 Å². The molecule has 4 nitrogen and oxygen atoms in total. The van der Waals surface area contributed by atoms with Gasteiger partial charge < -0.3 is 14.6 Å². The van der Waals surface area contributed by atoms with E-state index in [2.05, 4.69) is 21.6 Å². The fourth-order valence-electron chi connectivity index (χ4n) is 1.19. The molecule has 20 heavy (non-hydrogen) atoms. The largest absolute Gasteiger partial charge is 0.490 e. The summed E-state index contributed by atoms with van der Waals surface area (Å²) in [6.07, 6.45) is -1.02. The Morgan fingerprint density at radius 2 is 2.05 bits per heavy atom. The molecule has 1 aromatic heterocycles. The number of hydrogen-bond donors (Lipinski definition) is 1. The van der Waals surface area contributed by atoms with Gasteiger partial charge in [-0.3, -0.25) is 4.98 Å². The van der Waals surface area contributed by atoms with Crippen LogP contribution in [0.2, 0.25) is 0 Å². The van der Waals surface area contributed by atoms with Gasteiger partial charge in [0.15, 0.2) is 0 Å². The second-order valence-electron chi connectivity index (χ2n) is 3.70. The zero-order chi connectivity index (χ0) is 14.8. The molecule has 0 aliphatic heterocycles. The van der Waals surface area contributed by atoms with E-state index in [9.17, 15) is 13.2 Å². The zero-order valence-electron chi connectivity index (χ0n) is 10.6. The molecule has 1 N–H and O–H groups in total. The Hall–Kier alpha value is -1.78. The first kappa shape index (κ1) is 16.3. The fraction of sp³-hybridized carbons (Fsp3) is 0.462. The number of aliphatic hydroxyl groups excluding tert-OH is 1. The number of alkyl halides is 3. The van der Waals surface area contributed by atoms with Crippen LogP contribution < -0.4 is 4.74 Å². The van der Waals surface area contributed by atoms with Crippen LogP contribution in [0.15, 0.2) is 18.5 Å². The predicted octanol–water partition coefficient (Wildman–Crippen LogP) is 1.77. The minimum atomic E-state index is -4.33. The summed E-state index contributed by atoms with van der Waals surface area (Å²) in [4.78, 5) is 3.89. The van der Waals surface area contributed by atoms with Crippen LogP contribution >= 0.6 is 0 Å². The van der Waals surface area contributed by atoms with Gasteiger partial charge in [0.25, 0.3) is 0 Å². The molecule has 110 valence electrons. The minimum Gasteiger partial charge on any atom is -0.490 e. The van der Waals surface area contributed by atoms with E-state index >= 15 is 0 Å². The lowest BCUT2D eigenvalue weighted by atomic mass is 10.2. The SMILES string of the molecule is OCCC#Cc1cncc(OCCOCC(F)(F)F)c1. The fourth-order valence-corrected chi connectivity index (χ4v) is 1.19. The lowest BCUT2D eigenvalue weighted by molar-refractivity contribution is -0.175. The van der Waals surface area contributed by atoms with Crippen LogP contribution in [0.3, 0.4) is 0 Å². The molecular weight excluding hydrogens is 275 g/mol. The van der Waals surface area contributed by atoms with E-state index in [1.807, 2.05) is 0 Å². The molecule has 1 rings (SSSR count). The van der Waals surface area contributed by atoms with Gasteiger partial charge in [-0.25, -0.2) is 0 Å². The molecule has 0 atom stereocenters. The van der Waals surface area contributed by atoms with E-state index in [1.54, 1.807) is 6.07 Å². The highest BCUT2D eigenvalue weighted by Gasteiger charge is 2.27. The van der Waals surface area contributed by atoms with Crippen molar-refractivity contribution >= 4 is 0 Å². The highest BCUT2D eigenvalue weighted by atomic mass is 19.4. The maximum Gasteiger partial charge on any atom is 0.411 e. The molecule has 0 aromatic carbocycles. The average molecular weight is 289 g/mol. The second-order valence-corrected chi connectivity index (χ2v) is 3.70. The van der Waals surface area contributed by atoms with Crippen LogP contribution in [0, 0.1) is 11.8 Å². The molecule has 0 spiro atoms. The summed E-state index contributed by atoms with van der Waals surface area (Å²) in [5.41, 5.74) is 0.604. The zero-order valence-corrected chi connectivity index (χ0v) is 10.6. The van der Waals surface area contributed by atoms with Gasteiger partial charge in [0, 0.05) is 18.2 Å². The highest BCUT2D eigenvalue weighted by molar-refractivity contribution is 5.36. The van der Waals surface area contributed by atoms with Gasteiger partial charge in [-0.2, -0.15) is 13.2 Å². The van der Waals surface area contributed by atoms with Gasteiger partial charge in [-0.05, 0) is 6.07 Å². The second kappa shape index (κ2) is 8.40. The Bertz CT molecular complexity index is 466. The Morgan fingerprint density at radius 3 is 2.75 bits per heavy atom. The van der Waals surface area contributed by atoms with Crippen molar-refractivity contribution in [2.75, 3.05) is 26.4 Å². The Kier molecular flexibility index (Phi) is 6.84. The number of halogens is 3. The van der Waals surface area contributed by atoms with Crippen molar-refractivity contribution in [2.45, 2.75) is 12.6 Å². The van der Waals surface area contributed by atoms with Crippen molar-refractivity contribution in [3.63, 3.8) is 0 Å². The normalized spacial score (nSPS) is 10.8. The number of ether oxygens (including phenoxy) is 2. The van der Waals surface area contributed by atoms with Gasteiger partial charge >= 0.3 is 6.18 Å². The van der Waals surface area contributed by atoms with Gasteiger partial charge in [-0.1, -0.05) is 11.8 Å². The average Bonchev–Trinajstić information content (AvgIpc) is 2.38. The summed E-state index contributed by atoms with van der Waals surface area (Å²) in [6.45, 7) is -1.49. The molecule has 0 bridgehead atoms. The molecule has 0 aliphatic carbocycles. The first-order valence-electron chi connectivity index (χ1n) is 5.83. The van der Waals surface area contributed by atoms with Crippen molar-refractivity contribution in [3.8, 4) is 17.6 Å². The van der Waals surface area contributed by atoms with Crippen LogP contribution in [-0.4, -0.2) is 42.7 Å². The Balaban J connectivity index is 2.34. The topological polar surface area (TPSA) is 51.6 Å². The summed E-state index contributed by atoms with van der Waals surface area (Å²) in [5, 5.41) is 8.59. The molecule has 0 radical (unpaired) electrons. The van der Waals surface area contributed by atoms with E-state index in [0.717, 1.165) is 0 Å². The molecule has 1 heterocycles. The first-order chi connectivity index (χ1) is 9.51. The summed E-state index contributed by atoms with van der Waals surface area (Å²) < 4.78 is 45.0. The summed E-state index contributed by atoms with van der Waals surface area (Å²) in [7, 11) is 0. The predicted molar refractivity (Wildman–Crippen MR) is 65.2 cm³/mol. The van der Waals surface area contributed by atoms with E-state index in [-0.39, 0.29) is 19.8 Å². The van der Waals surface area contributed by atoms with Gasteiger partial charge in [0.1, 0.15) is 19.0 Å². The van der Waals surface area contributed by atoms with E-state index < -0.39 is 12.8 Å². The lowest BCUT2D eigenvalue weighted by Gasteiger charge is -2.08. The molecular formula is C13H14F3NO3. The van der Waals surface area contributed by atoms with E-state index in [1.165, 1.54) is 12.4 Å². The molecule has 7 heteroatoms. The highest BCUT2D eigenvalue weighted by Crippen LogP contribution is 2.14. The number of nitrogens with zero attached hydrogens (tertiary/aromatic N) is 1. The van der Waals surface area contributed by atoms with Crippen molar-refractivity contribution in [3.05, 3.63) is 24.0 Å². The van der Waals surface area contributed by atoms with Gasteiger partial charge in [0.2, 0.25) is 0 Å². The molecule has 0 fully saturated rings. The van der Waals surface area contributed by atoms with Crippen LogP contribution in [0.1, 0.15) is 12.0 Å². The van der Waals surface area contributed by atoms with Crippen molar-refractivity contribution < 1.29 is 27.8 Å². The number of aliphatic hydroxyl groups is 1. The number of pyridine rings is 1. The standard InChI is InChI=1S/C13H14F3NO3/c14-13(15,16)10-19-5-6-20-12-7-11(8-17-9-12)3-1-2-4-18/h7-9,18H,2,4-6,10H2. The molecule has 0 saturated heterocycles. The maximum absolute atomic E-state index is 11.8.